The van der Waals surface area contributed by atoms with E-state index in [0.29, 0.717) is 22.9 Å². The average Bonchev–Trinajstić information content (AvgIpc) is 3.70. The fraction of sp³-hybridized carbons (Fsp3) is 0.341. The summed E-state index contributed by atoms with van der Waals surface area (Å²) in [5, 5.41) is 15.4. The van der Waals surface area contributed by atoms with Gasteiger partial charge >= 0.3 is 5.97 Å². The Morgan fingerprint density at radius 3 is 2.11 bits per heavy atom. The highest BCUT2D eigenvalue weighted by Gasteiger charge is 2.30. The Balaban J connectivity index is 1.30. The second-order valence-electron chi connectivity index (χ2n) is 15.0. The molecule has 11 nitrogen and oxygen atoms in total. The summed E-state index contributed by atoms with van der Waals surface area (Å²) in [5.74, 6) is -1.29. The van der Waals surface area contributed by atoms with Crippen LogP contribution in [0.5, 0.6) is 5.75 Å². The molecule has 2 atom stereocenters. The van der Waals surface area contributed by atoms with Crippen molar-refractivity contribution < 1.29 is 32.6 Å². The summed E-state index contributed by atoms with van der Waals surface area (Å²) in [6.07, 6.45) is 10.5. The molecule has 5 rings (SSSR count). The molecule has 1 unspecified atom stereocenters. The van der Waals surface area contributed by atoms with Crippen molar-refractivity contribution in [2.45, 2.75) is 88.6 Å². The molecule has 300 valence electrons. The number of carboxylic acids is 1. The predicted octanol–water partition coefficient (Wildman–Crippen LogP) is 8.21. The summed E-state index contributed by atoms with van der Waals surface area (Å²) < 4.78 is 30.3. The van der Waals surface area contributed by atoms with Crippen LogP contribution in [-0.2, 0) is 31.3 Å². The zero-order valence-corrected chi connectivity index (χ0v) is 34.6. The number of nitrogens with one attached hydrogen (secondary N) is 2. The van der Waals surface area contributed by atoms with Crippen molar-refractivity contribution in [2.24, 2.45) is 0 Å². The van der Waals surface area contributed by atoms with Crippen molar-refractivity contribution in [1.29, 1.82) is 0 Å². The zero-order chi connectivity index (χ0) is 41.2. The molecular weight excluding hydrogens is 761 g/mol. The average molecular weight is 811 g/mol. The van der Waals surface area contributed by atoms with E-state index in [9.17, 15) is 27.9 Å². The maximum atomic E-state index is 13.9. The number of carboxylic acid groups (broad SMARTS) is 1. The Bertz CT molecular complexity index is 2250. The van der Waals surface area contributed by atoms with Crippen molar-refractivity contribution >= 4 is 39.0 Å². The normalized spacial score (nSPS) is 12.7. The molecule has 0 bridgehead atoms. The number of thiophene rings is 1. The standard InChI is InChI=1S/C44H50N4O7S2/c1-6-7-8-9-10-24-55-34-20-18-30(19-21-34)33-27-45-40(46-28-33)31-16-14-29(15-17-31)25-36(47-42(50)37-22-23-38(56-37)44(2,3)4)41(49)48-39(43(51)52)32-12-11-13-35(26-32)57(5,53)54/h11-23,26-28,36,39H,6-10,24-25H2,1-5H3,(H,47,50)(H,48,49)(H,51,52)/t36-,39?/m0/s1. The molecule has 57 heavy (non-hydrogen) atoms. The number of nitrogens with zero attached hydrogens (tertiary/aromatic N) is 2. The monoisotopic (exact) mass is 810 g/mol. The minimum atomic E-state index is -3.65. The number of sulfone groups is 1. The van der Waals surface area contributed by atoms with Gasteiger partial charge in [0.05, 0.1) is 16.4 Å². The number of hydrogen-bond acceptors (Lipinski definition) is 9. The quantitative estimate of drug-likeness (QED) is 0.0740. The number of rotatable bonds is 18. The van der Waals surface area contributed by atoms with Gasteiger partial charge in [0.1, 0.15) is 11.8 Å². The van der Waals surface area contributed by atoms with Crippen LogP contribution in [0.4, 0.5) is 0 Å². The highest BCUT2D eigenvalue weighted by atomic mass is 32.2. The molecule has 5 aromatic rings. The number of hydrogen-bond donors (Lipinski definition) is 3. The van der Waals surface area contributed by atoms with E-state index >= 15 is 0 Å². The van der Waals surface area contributed by atoms with Gasteiger partial charge in [-0.25, -0.2) is 23.2 Å². The highest BCUT2D eigenvalue weighted by molar-refractivity contribution is 7.90. The van der Waals surface area contributed by atoms with Gasteiger partial charge in [0, 0.05) is 41.1 Å². The number of carbonyl (C=O) groups is 3. The number of amides is 2. The van der Waals surface area contributed by atoms with E-state index in [1.807, 2.05) is 63.2 Å². The number of aliphatic carboxylic acids is 1. The molecule has 0 aliphatic heterocycles. The second-order valence-corrected chi connectivity index (χ2v) is 18.1. The summed E-state index contributed by atoms with van der Waals surface area (Å²) in [6.45, 7) is 9.02. The molecule has 0 saturated heterocycles. The minimum Gasteiger partial charge on any atom is -0.494 e. The number of aromatic nitrogens is 2. The van der Waals surface area contributed by atoms with Crippen molar-refractivity contribution in [3.8, 4) is 28.3 Å². The summed E-state index contributed by atoms with van der Waals surface area (Å²) in [7, 11) is -3.65. The van der Waals surface area contributed by atoms with Gasteiger partial charge in [0.15, 0.2) is 21.7 Å². The molecule has 0 aliphatic carbocycles. The topological polar surface area (TPSA) is 165 Å². The first-order valence-electron chi connectivity index (χ1n) is 19.0. The summed E-state index contributed by atoms with van der Waals surface area (Å²) >= 11 is 1.32. The minimum absolute atomic E-state index is 0.0312. The molecule has 2 heterocycles. The molecular formula is C44H50N4O7S2. The Morgan fingerprint density at radius 2 is 1.49 bits per heavy atom. The fourth-order valence-corrected chi connectivity index (χ4v) is 7.69. The van der Waals surface area contributed by atoms with Gasteiger partial charge in [-0.1, -0.05) is 102 Å². The van der Waals surface area contributed by atoms with E-state index in [-0.39, 0.29) is 22.3 Å². The number of ether oxygens (including phenoxy) is 1. The van der Waals surface area contributed by atoms with Gasteiger partial charge in [0.25, 0.3) is 5.91 Å². The number of benzene rings is 3. The van der Waals surface area contributed by atoms with Gasteiger partial charge in [-0.3, -0.25) is 9.59 Å². The predicted molar refractivity (Wildman–Crippen MR) is 223 cm³/mol. The molecule has 0 fully saturated rings. The zero-order valence-electron chi connectivity index (χ0n) is 32.9. The summed E-state index contributed by atoms with van der Waals surface area (Å²) in [5.41, 5.74) is 3.13. The molecule has 2 aromatic heterocycles. The molecule has 3 N–H and O–H groups in total. The van der Waals surface area contributed by atoms with Crippen molar-refractivity contribution in [1.82, 2.24) is 20.6 Å². The van der Waals surface area contributed by atoms with Crippen LogP contribution in [0, 0.1) is 0 Å². The second kappa shape index (κ2) is 19.2. The Kier molecular flexibility index (Phi) is 14.4. The highest BCUT2D eigenvalue weighted by Crippen LogP contribution is 2.30. The SMILES string of the molecule is CCCCCCCOc1ccc(-c2cnc(-c3ccc(C[C@H](NC(=O)c4ccc(C(C)(C)C)s4)C(=O)NC(C(=O)O)c4cccc(S(C)(=O)=O)c4)cc3)nc2)cc1. The molecule has 3 aromatic carbocycles. The lowest BCUT2D eigenvalue weighted by Gasteiger charge is -2.22. The van der Waals surface area contributed by atoms with E-state index in [2.05, 4.69) is 27.5 Å². The van der Waals surface area contributed by atoms with E-state index in [0.717, 1.165) is 40.0 Å². The number of unbranched alkanes of at least 4 members (excludes halogenated alkanes) is 4. The third kappa shape index (κ3) is 12.0. The Morgan fingerprint density at radius 1 is 0.825 bits per heavy atom. The Hall–Kier alpha value is -5.40. The van der Waals surface area contributed by atoms with Gasteiger partial charge in [-0.15, -0.1) is 11.3 Å². The van der Waals surface area contributed by atoms with Crippen LogP contribution in [0.15, 0.2) is 102 Å². The van der Waals surface area contributed by atoms with Crippen molar-refractivity contribution in [3.63, 3.8) is 0 Å². The fourth-order valence-electron chi connectivity index (χ4n) is 6.05. The van der Waals surface area contributed by atoms with E-state index in [1.54, 1.807) is 30.6 Å². The lowest BCUT2D eigenvalue weighted by molar-refractivity contribution is -0.142. The van der Waals surface area contributed by atoms with E-state index in [1.165, 1.54) is 61.3 Å². The van der Waals surface area contributed by atoms with Crippen LogP contribution in [0.1, 0.15) is 91.5 Å². The van der Waals surface area contributed by atoms with Crippen LogP contribution in [0.3, 0.4) is 0 Å². The molecule has 2 amide bonds. The lowest BCUT2D eigenvalue weighted by Crippen LogP contribution is -2.49. The maximum Gasteiger partial charge on any atom is 0.330 e. The lowest BCUT2D eigenvalue weighted by atomic mass is 9.95. The first kappa shape index (κ1) is 42.7. The number of carbonyl (C=O) groups excluding carboxylic acids is 2. The van der Waals surface area contributed by atoms with Crippen LogP contribution in [0.25, 0.3) is 22.5 Å². The van der Waals surface area contributed by atoms with Gasteiger partial charge < -0.3 is 20.5 Å². The molecule has 0 radical (unpaired) electrons. The van der Waals surface area contributed by atoms with Crippen LogP contribution in [-0.4, -0.2) is 60.2 Å². The molecule has 0 spiro atoms. The van der Waals surface area contributed by atoms with Gasteiger partial charge in [0.2, 0.25) is 5.91 Å². The largest absolute Gasteiger partial charge is 0.494 e. The van der Waals surface area contributed by atoms with Crippen LogP contribution in [0.2, 0.25) is 0 Å². The maximum absolute atomic E-state index is 13.9. The molecule has 0 aliphatic rings. The van der Waals surface area contributed by atoms with Crippen LogP contribution < -0.4 is 15.4 Å². The smallest absolute Gasteiger partial charge is 0.330 e. The molecule has 0 saturated carbocycles. The van der Waals surface area contributed by atoms with E-state index in [4.69, 9.17) is 4.74 Å². The summed E-state index contributed by atoms with van der Waals surface area (Å²) in [4.78, 5) is 50.3. The third-order valence-corrected chi connectivity index (χ3v) is 12.0. The summed E-state index contributed by atoms with van der Waals surface area (Å²) in [6, 6.07) is 21.3. The van der Waals surface area contributed by atoms with E-state index < -0.39 is 39.7 Å². The van der Waals surface area contributed by atoms with Crippen LogP contribution >= 0.6 is 11.3 Å². The Labute approximate surface area is 338 Å². The first-order chi connectivity index (χ1) is 27.1. The van der Waals surface area contributed by atoms with Gasteiger partial charge in [-0.05, 0) is 64.9 Å². The van der Waals surface area contributed by atoms with Crippen molar-refractivity contribution in [2.75, 3.05) is 12.9 Å². The van der Waals surface area contributed by atoms with Crippen molar-refractivity contribution in [3.05, 3.63) is 118 Å². The first-order valence-corrected chi connectivity index (χ1v) is 21.7. The third-order valence-electron chi connectivity index (χ3n) is 9.35. The van der Waals surface area contributed by atoms with Gasteiger partial charge in [-0.2, -0.15) is 0 Å². The molecule has 13 heteroatoms.